The summed E-state index contributed by atoms with van der Waals surface area (Å²) in [6.07, 6.45) is 9.85. The number of aliphatic hydroxyl groups excluding tert-OH is 1. The maximum atomic E-state index is 11.0. The molecular formula is C22H30O3. The van der Waals surface area contributed by atoms with E-state index in [4.69, 9.17) is 5.11 Å². The molecule has 0 heterocycles. The third-order valence-electron chi connectivity index (χ3n) is 7.04. The number of carboxylic acid groups (broad SMARTS) is 1. The quantitative estimate of drug-likeness (QED) is 0.812. The molecule has 0 aliphatic heterocycles. The molecular weight excluding hydrogens is 312 g/mol. The summed E-state index contributed by atoms with van der Waals surface area (Å²) in [5, 5.41) is 19.5. The van der Waals surface area contributed by atoms with Crippen LogP contribution < -0.4 is 0 Å². The standard InChI is InChI=1S/C22H30O3/c1-21(2)18-6-4-5-17(22(18,3)14-13-19(21)23)12-9-15-7-10-16(11-8-15)20(24)25/h7-12,17-19,23H,4-6,13-14H2,1-3H3,(H,24,25)/b12-9+/t17-,18?,19+,22-/m1/s1. The molecule has 2 saturated carbocycles. The smallest absolute Gasteiger partial charge is 0.335 e. The van der Waals surface area contributed by atoms with Gasteiger partial charge in [0.2, 0.25) is 0 Å². The number of hydrogen-bond donors (Lipinski definition) is 2. The Morgan fingerprint density at radius 1 is 1.12 bits per heavy atom. The van der Waals surface area contributed by atoms with Crippen LogP contribution in [0.25, 0.3) is 6.08 Å². The van der Waals surface area contributed by atoms with Gasteiger partial charge in [0.15, 0.2) is 0 Å². The molecule has 3 nitrogen and oxygen atoms in total. The van der Waals surface area contributed by atoms with Gasteiger partial charge in [-0.15, -0.1) is 0 Å². The molecule has 3 heteroatoms. The van der Waals surface area contributed by atoms with Crippen molar-refractivity contribution < 1.29 is 15.0 Å². The first kappa shape index (κ1) is 18.2. The number of benzene rings is 1. The van der Waals surface area contributed by atoms with E-state index in [0.717, 1.165) is 18.4 Å². The van der Waals surface area contributed by atoms with Crippen molar-refractivity contribution in [3.63, 3.8) is 0 Å². The lowest BCUT2D eigenvalue weighted by molar-refractivity contribution is -0.127. The monoisotopic (exact) mass is 342 g/mol. The Bertz CT molecular complexity index is 658. The molecule has 0 radical (unpaired) electrons. The van der Waals surface area contributed by atoms with E-state index in [2.05, 4.69) is 32.9 Å². The van der Waals surface area contributed by atoms with Gasteiger partial charge in [-0.2, -0.15) is 0 Å². The zero-order valence-electron chi connectivity index (χ0n) is 15.5. The molecule has 1 unspecified atom stereocenters. The van der Waals surface area contributed by atoms with Gasteiger partial charge in [-0.05, 0) is 66.0 Å². The van der Waals surface area contributed by atoms with Crippen molar-refractivity contribution in [1.29, 1.82) is 0 Å². The Balaban J connectivity index is 1.81. The highest BCUT2D eigenvalue weighted by Crippen LogP contribution is 2.60. The Hall–Kier alpha value is -1.61. The topological polar surface area (TPSA) is 57.5 Å². The van der Waals surface area contributed by atoms with Crippen LogP contribution in [0.3, 0.4) is 0 Å². The maximum absolute atomic E-state index is 11.0. The number of aromatic carboxylic acids is 1. The lowest BCUT2D eigenvalue weighted by atomic mass is 9.47. The van der Waals surface area contributed by atoms with E-state index in [9.17, 15) is 9.90 Å². The molecule has 0 spiro atoms. The molecule has 0 aromatic heterocycles. The number of hydrogen-bond acceptors (Lipinski definition) is 2. The first-order valence-corrected chi connectivity index (χ1v) is 9.45. The molecule has 0 bridgehead atoms. The normalized spacial score (nSPS) is 34.6. The van der Waals surface area contributed by atoms with E-state index in [1.54, 1.807) is 12.1 Å². The molecule has 2 N–H and O–H groups in total. The first-order chi connectivity index (χ1) is 11.7. The summed E-state index contributed by atoms with van der Waals surface area (Å²) in [6.45, 7) is 6.87. The first-order valence-electron chi connectivity index (χ1n) is 9.45. The van der Waals surface area contributed by atoms with Crippen molar-refractivity contribution in [2.45, 2.75) is 59.0 Å². The molecule has 4 atom stereocenters. The van der Waals surface area contributed by atoms with Gasteiger partial charge in [0, 0.05) is 0 Å². The summed E-state index contributed by atoms with van der Waals surface area (Å²) in [5.74, 6) is 0.167. The highest BCUT2D eigenvalue weighted by atomic mass is 16.4. The lowest BCUT2D eigenvalue weighted by Crippen LogP contribution is -2.53. The van der Waals surface area contributed by atoms with E-state index < -0.39 is 5.97 Å². The molecule has 3 rings (SSSR count). The number of fused-ring (bicyclic) bond motifs is 1. The largest absolute Gasteiger partial charge is 0.478 e. The molecule has 2 fully saturated rings. The van der Waals surface area contributed by atoms with Gasteiger partial charge in [-0.3, -0.25) is 0 Å². The SMILES string of the molecule is CC1(C)C2CCC[C@H](/C=C/c3ccc(C(=O)O)cc3)[C@@]2(C)CC[C@@H]1O. The molecule has 2 aliphatic rings. The van der Waals surface area contributed by atoms with Gasteiger partial charge in [-0.1, -0.05) is 51.5 Å². The average molecular weight is 342 g/mol. The van der Waals surface area contributed by atoms with Crippen molar-refractivity contribution in [2.75, 3.05) is 0 Å². The predicted octanol–water partition coefficient (Wildman–Crippen LogP) is 5.00. The fourth-order valence-corrected chi connectivity index (χ4v) is 5.37. The van der Waals surface area contributed by atoms with Gasteiger partial charge in [0.05, 0.1) is 11.7 Å². The van der Waals surface area contributed by atoms with E-state index in [0.29, 0.717) is 17.4 Å². The Morgan fingerprint density at radius 2 is 1.80 bits per heavy atom. The Labute approximate surface area is 150 Å². The summed E-state index contributed by atoms with van der Waals surface area (Å²) in [5.41, 5.74) is 1.58. The zero-order valence-corrected chi connectivity index (χ0v) is 15.5. The molecule has 0 amide bonds. The van der Waals surface area contributed by atoms with Crippen LogP contribution in [0.4, 0.5) is 0 Å². The summed E-state index contributed by atoms with van der Waals surface area (Å²) in [4.78, 5) is 11.0. The third-order valence-corrected chi connectivity index (χ3v) is 7.04. The van der Waals surface area contributed by atoms with Gasteiger partial charge in [0.1, 0.15) is 0 Å². The lowest BCUT2D eigenvalue weighted by Gasteiger charge is -2.58. The van der Waals surface area contributed by atoms with E-state index in [1.807, 2.05) is 12.1 Å². The molecule has 0 saturated heterocycles. The van der Waals surface area contributed by atoms with Crippen molar-refractivity contribution >= 4 is 12.0 Å². The Morgan fingerprint density at radius 3 is 2.44 bits per heavy atom. The Kier molecular flexibility index (Phi) is 4.80. The summed E-state index contributed by atoms with van der Waals surface area (Å²) in [7, 11) is 0. The van der Waals surface area contributed by atoms with Gasteiger partial charge < -0.3 is 10.2 Å². The van der Waals surface area contributed by atoms with Crippen LogP contribution >= 0.6 is 0 Å². The molecule has 1 aromatic carbocycles. The maximum Gasteiger partial charge on any atom is 0.335 e. The number of carbonyl (C=O) groups is 1. The average Bonchev–Trinajstić information content (AvgIpc) is 2.58. The van der Waals surface area contributed by atoms with Crippen LogP contribution in [-0.4, -0.2) is 22.3 Å². The second-order valence-corrected chi connectivity index (χ2v) is 8.76. The summed E-state index contributed by atoms with van der Waals surface area (Å²) < 4.78 is 0. The van der Waals surface area contributed by atoms with Gasteiger partial charge in [-0.25, -0.2) is 4.79 Å². The van der Waals surface area contributed by atoms with Crippen molar-refractivity contribution in [3.05, 3.63) is 41.5 Å². The zero-order chi connectivity index (χ0) is 18.2. The number of allylic oxidation sites excluding steroid dienone is 1. The number of aliphatic hydroxyl groups is 1. The van der Waals surface area contributed by atoms with Crippen LogP contribution in [0.5, 0.6) is 0 Å². The van der Waals surface area contributed by atoms with Gasteiger partial charge in [0.25, 0.3) is 0 Å². The summed E-state index contributed by atoms with van der Waals surface area (Å²) >= 11 is 0. The minimum Gasteiger partial charge on any atom is -0.478 e. The molecule has 2 aliphatic carbocycles. The minimum absolute atomic E-state index is 0.0252. The van der Waals surface area contributed by atoms with Gasteiger partial charge >= 0.3 is 5.97 Å². The fourth-order valence-electron chi connectivity index (χ4n) is 5.37. The van der Waals surface area contributed by atoms with E-state index >= 15 is 0 Å². The molecule has 25 heavy (non-hydrogen) atoms. The minimum atomic E-state index is -0.888. The van der Waals surface area contributed by atoms with E-state index in [-0.39, 0.29) is 16.9 Å². The highest BCUT2D eigenvalue weighted by molar-refractivity contribution is 5.87. The van der Waals surface area contributed by atoms with Crippen LogP contribution in [0, 0.1) is 22.7 Å². The number of carboxylic acids is 1. The molecule has 1 aromatic rings. The predicted molar refractivity (Wildman–Crippen MR) is 100 cm³/mol. The second kappa shape index (κ2) is 6.60. The van der Waals surface area contributed by atoms with Crippen molar-refractivity contribution in [3.8, 4) is 0 Å². The third kappa shape index (κ3) is 3.27. The van der Waals surface area contributed by atoms with E-state index in [1.165, 1.54) is 19.3 Å². The highest BCUT2D eigenvalue weighted by Gasteiger charge is 2.54. The second-order valence-electron chi connectivity index (χ2n) is 8.76. The summed E-state index contributed by atoms with van der Waals surface area (Å²) in [6, 6.07) is 7.06. The van der Waals surface area contributed by atoms with Crippen molar-refractivity contribution in [2.24, 2.45) is 22.7 Å². The van der Waals surface area contributed by atoms with Crippen LogP contribution in [0.2, 0.25) is 0 Å². The fraction of sp³-hybridized carbons (Fsp3) is 0.591. The molecule has 136 valence electrons. The van der Waals surface area contributed by atoms with Crippen LogP contribution in [-0.2, 0) is 0 Å². The van der Waals surface area contributed by atoms with Crippen molar-refractivity contribution in [1.82, 2.24) is 0 Å². The van der Waals surface area contributed by atoms with Crippen LogP contribution in [0.1, 0.15) is 68.8 Å². The van der Waals surface area contributed by atoms with Crippen LogP contribution in [0.15, 0.2) is 30.3 Å². The number of rotatable bonds is 3.